The maximum Gasteiger partial charge on any atom is 0.250 e. The van der Waals surface area contributed by atoms with E-state index in [4.69, 9.17) is 4.74 Å². The summed E-state index contributed by atoms with van der Waals surface area (Å²) in [5, 5.41) is 6.22. The Morgan fingerprint density at radius 3 is 2.71 bits per heavy atom. The van der Waals surface area contributed by atoms with Crippen LogP contribution in [0.3, 0.4) is 0 Å². The Balaban J connectivity index is 1.40. The molecule has 2 fully saturated rings. The van der Waals surface area contributed by atoms with Crippen molar-refractivity contribution in [3.8, 4) is 0 Å². The highest BCUT2D eigenvalue weighted by Crippen LogP contribution is 2.16. The number of para-hydroxylation sites is 1. The van der Waals surface area contributed by atoms with Crippen LogP contribution in [-0.4, -0.2) is 75.4 Å². The lowest BCUT2D eigenvalue weighted by atomic mass is 10.2. The zero-order chi connectivity index (χ0) is 16.8. The molecule has 0 spiro atoms. The average Bonchev–Trinajstić information content (AvgIpc) is 2.67. The molecule has 2 heterocycles. The van der Waals surface area contributed by atoms with Gasteiger partial charge >= 0.3 is 0 Å². The van der Waals surface area contributed by atoms with E-state index in [2.05, 4.69) is 57.7 Å². The van der Waals surface area contributed by atoms with Crippen LogP contribution >= 0.6 is 0 Å². The topological polar surface area (TPSA) is 56.8 Å². The highest BCUT2D eigenvalue weighted by molar-refractivity contribution is 5.81. The van der Waals surface area contributed by atoms with Crippen molar-refractivity contribution in [3.05, 3.63) is 30.3 Å². The van der Waals surface area contributed by atoms with Gasteiger partial charge in [-0.2, -0.15) is 0 Å². The van der Waals surface area contributed by atoms with Crippen molar-refractivity contribution in [2.75, 3.05) is 57.3 Å². The smallest absolute Gasteiger partial charge is 0.250 e. The summed E-state index contributed by atoms with van der Waals surface area (Å²) < 4.78 is 5.49. The van der Waals surface area contributed by atoms with Crippen LogP contribution in [0.5, 0.6) is 0 Å². The number of carbonyl (C=O) groups is 1. The first-order valence-electron chi connectivity index (χ1n) is 8.88. The molecule has 6 heteroatoms. The number of nitrogens with zero attached hydrogens (tertiary/aromatic N) is 2. The van der Waals surface area contributed by atoms with E-state index >= 15 is 0 Å². The normalized spacial score (nSPS) is 23.7. The summed E-state index contributed by atoms with van der Waals surface area (Å²) in [5.41, 5.74) is 1.29. The van der Waals surface area contributed by atoms with E-state index in [0.29, 0.717) is 25.7 Å². The van der Waals surface area contributed by atoms with Gasteiger partial charge in [-0.25, -0.2) is 0 Å². The molecule has 2 N–H and O–H groups in total. The number of anilines is 1. The highest BCUT2D eigenvalue weighted by Gasteiger charge is 2.24. The second-order valence-electron chi connectivity index (χ2n) is 6.52. The average molecular weight is 332 g/mol. The zero-order valence-corrected chi connectivity index (χ0v) is 14.4. The standard InChI is InChI=1S/C18H28N4O2/c1-15(13-20-18(23)17-14-19-7-12-24-17)21-8-10-22(11-9-21)16-5-3-2-4-6-16/h2-6,15,17,19H,7-14H2,1H3,(H,20,23). The number of ether oxygens (including phenoxy) is 1. The first-order valence-corrected chi connectivity index (χ1v) is 8.88. The second-order valence-corrected chi connectivity index (χ2v) is 6.52. The van der Waals surface area contributed by atoms with E-state index in [9.17, 15) is 4.79 Å². The fourth-order valence-electron chi connectivity index (χ4n) is 3.28. The number of carbonyl (C=O) groups excluding carboxylic acids is 1. The first-order chi connectivity index (χ1) is 11.7. The Morgan fingerprint density at radius 2 is 2.04 bits per heavy atom. The Bertz CT molecular complexity index is 511. The first kappa shape index (κ1) is 17.2. The third-order valence-corrected chi connectivity index (χ3v) is 4.85. The number of piperazine rings is 1. The molecule has 2 atom stereocenters. The predicted molar refractivity (Wildman–Crippen MR) is 95.3 cm³/mol. The SMILES string of the molecule is CC(CNC(=O)C1CNCCO1)N1CCN(c2ccccc2)CC1. The van der Waals surface area contributed by atoms with Crippen LogP contribution in [0.1, 0.15) is 6.92 Å². The summed E-state index contributed by atoms with van der Waals surface area (Å²) in [6.07, 6.45) is -0.346. The van der Waals surface area contributed by atoms with Gasteiger partial charge in [0.1, 0.15) is 6.10 Å². The molecule has 0 aromatic heterocycles. The number of morpholine rings is 1. The molecule has 6 nitrogen and oxygen atoms in total. The molecular weight excluding hydrogens is 304 g/mol. The van der Waals surface area contributed by atoms with Gasteiger partial charge in [0.25, 0.3) is 5.91 Å². The molecule has 2 aliphatic rings. The lowest BCUT2D eigenvalue weighted by Gasteiger charge is -2.39. The number of benzene rings is 1. The third-order valence-electron chi connectivity index (χ3n) is 4.85. The van der Waals surface area contributed by atoms with Crippen molar-refractivity contribution in [1.29, 1.82) is 0 Å². The second kappa shape index (κ2) is 8.46. The van der Waals surface area contributed by atoms with Crippen LogP contribution in [0.15, 0.2) is 30.3 Å². The zero-order valence-electron chi connectivity index (χ0n) is 14.4. The Kier molecular flexibility index (Phi) is 6.07. The largest absolute Gasteiger partial charge is 0.369 e. The summed E-state index contributed by atoms with van der Waals surface area (Å²) in [6, 6.07) is 10.9. The summed E-state index contributed by atoms with van der Waals surface area (Å²) in [5.74, 6) is -0.00280. The number of nitrogens with one attached hydrogen (secondary N) is 2. The minimum atomic E-state index is -0.346. The van der Waals surface area contributed by atoms with Gasteiger partial charge in [0.15, 0.2) is 0 Å². The van der Waals surface area contributed by atoms with Gasteiger partial charge in [-0.05, 0) is 19.1 Å². The molecule has 2 aliphatic heterocycles. The van der Waals surface area contributed by atoms with E-state index in [0.717, 1.165) is 32.7 Å². The molecule has 0 radical (unpaired) electrons. The van der Waals surface area contributed by atoms with E-state index in [-0.39, 0.29) is 12.0 Å². The van der Waals surface area contributed by atoms with Crippen LogP contribution < -0.4 is 15.5 Å². The number of hydrogen-bond acceptors (Lipinski definition) is 5. The Labute approximate surface area is 144 Å². The maximum absolute atomic E-state index is 12.1. The van der Waals surface area contributed by atoms with Crippen molar-refractivity contribution in [1.82, 2.24) is 15.5 Å². The molecule has 0 saturated carbocycles. The molecule has 3 rings (SSSR count). The van der Waals surface area contributed by atoms with E-state index < -0.39 is 0 Å². The van der Waals surface area contributed by atoms with Gasteiger partial charge < -0.3 is 20.3 Å². The Hall–Kier alpha value is -1.63. The molecular formula is C18H28N4O2. The molecule has 0 bridgehead atoms. The summed E-state index contributed by atoms with van der Waals surface area (Å²) >= 11 is 0. The number of rotatable bonds is 5. The van der Waals surface area contributed by atoms with Gasteiger partial charge in [-0.3, -0.25) is 9.69 Å². The van der Waals surface area contributed by atoms with Gasteiger partial charge in [-0.1, -0.05) is 18.2 Å². The molecule has 132 valence electrons. The molecule has 1 amide bonds. The van der Waals surface area contributed by atoms with Crippen molar-refractivity contribution >= 4 is 11.6 Å². The number of amides is 1. The van der Waals surface area contributed by atoms with Crippen molar-refractivity contribution < 1.29 is 9.53 Å². The molecule has 1 aromatic rings. The monoisotopic (exact) mass is 332 g/mol. The lowest BCUT2D eigenvalue weighted by Crippen LogP contribution is -2.54. The van der Waals surface area contributed by atoms with Crippen molar-refractivity contribution in [3.63, 3.8) is 0 Å². The van der Waals surface area contributed by atoms with E-state index in [1.165, 1.54) is 5.69 Å². The Morgan fingerprint density at radius 1 is 1.29 bits per heavy atom. The number of hydrogen-bond donors (Lipinski definition) is 2. The van der Waals surface area contributed by atoms with Gasteiger partial charge in [-0.15, -0.1) is 0 Å². The van der Waals surface area contributed by atoms with Gasteiger partial charge in [0.2, 0.25) is 0 Å². The lowest BCUT2D eigenvalue weighted by molar-refractivity contribution is -0.134. The van der Waals surface area contributed by atoms with Crippen LogP contribution in [0.2, 0.25) is 0 Å². The fraction of sp³-hybridized carbons (Fsp3) is 0.611. The quantitative estimate of drug-likeness (QED) is 0.812. The molecule has 2 saturated heterocycles. The van der Waals surface area contributed by atoms with Crippen LogP contribution in [0.25, 0.3) is 0 Å². The highest BCUT2D eigenvalue weighted by atomic mass is 16.5. The summed E-state index contributed by atoms with van der Waals surface area (Å²) in [4.78, 5) is 17.0. The van der Waals surface area contributed by atoms with Gasteiger partial charge in [0.05, 0.1) is 6.61 Å². The maximum atomic E-state index is 12.1. The van der Waals surface area contributed by atoms with Crippen LogP contribution in [0, 0.1) is 0 Å². The van der Waals surface area contributed by atoms with E-state index in [1.807, 2.05) is 0 Å². The molecule has 1 aromatic carbocycles. The van der Waals surface area contributed by atoms with E-state index in [1.54, 1.807) is 0 Å². The minimum absolute atomic E-state index is 0.00280. The van der Waals surface area contributed by atoms with Crippen molar-refractivity contribution in [2.45, 2.75) is 19.1 Å². The molecule has 0 aliphatic carbocycles. The summed E-state index contributed by atoms with van der Waals surface area (Å²) in [7, 11) is 0. The molecule has 2 unspecified atom stereocenters. The third kappa shape index (κ3) is 4.47. The van der Waals surface area contributed by atoms with Crippen LogP contribution in [0.4, 0.5) is 5.69 Å². The predicted octanol–water partition coefficient (Wildman–Crippen LogP) is 0.302. The summed E-state index contributed by atoms with van der Waals surface area (Å²) in [6.45, 7) is 8.98. The van der Waals surface area contributed by atoms with Gasteiger partial charge in [0, 0.05) is 57.5 Å². The van der Waals surface area contributed by atoms with Crippen LogP contribution in [-0.2, 0) is 9.53 Å². The minimum Gasteiger partial charge on any atom is -0.369 e. The molecule has 24 heavy (non-hydrogen) atoms. The fourth-order valence-corrected chi connectivity index (χ4v) is 3.28. The van der Waals surface area contributed by atoms with Crippen molar-refractivity contribution in [2.24, 2.45) is 0 Å².